The van der Waals surface area contributed by atoms with Gasteiger partial charge in [0.2, 0.25) is 0 Å². The minimum Gasteiger partial charge on any atom is -0.351 e. The lowest BCUT2D eigenvalue weighted by Crippen LogP contribution is -2.33. The van der Waals surface area contributed by atoms with Gasteiger partial charge in [0.05, 0.1) is 11.1 Å². The zero-order valence-electron chi connectivity index (χ0n) is 12.8. The Bertz CT molecular complexity index is 470. The van der Waals surface area contributed by atoms with Crippen LogP contribution in [-0.4, -0.2) is 47.9 Å². The molecule has 6 nitrogen and oxygen atoms in total. The largest absolute Gasteiger partial charge is 0.351 e. The molecule has 3 N–H and O–H groups in total. The molecule has 1 aromatic rings. The third-order valence-corrected chi connectivity index (χ3v) is 2.95. The van der Waals surface area contributed by atoms with Crippen molar-refractivity contribution in [1.29, 1.82) is 0 Å². The third-order valence-electron chi connectivity index (χ3n) is 2.95. The molecular formula is C15H24N4O2. The summed E-state index contributed by atoms with van der Waals surface area (Å²) in [6, 6.07) is 1.58. The second-order valence-electron chi connectivity index (χ2n) is 4.80. The molecule has 0 unspecified atom stereocenters. The molecular weight excluding hydrogens is 268 g/mol. The highest BCUT2D eigenvalue weighted by Gasteiger charge is 2.16. The van der Waals surface area contributed by atoms with Crippen molar-refractivity contribution in [2.45, 2.75) is 26.7 Å². The first-order valence-corrected chi connectivity index (χ1v) is 7.36. The van der Waals surface area contributed by atoms with Crippen LogP contribution in [0.1, 0.15) is 47.4 Å². The van der Waals surface area contributed by atoms with E-state index in [-0.39, 0.29) is 11.8 Å². The number of nitrogens with two attached hydrogens (primary N) is 1. The molecule has 0 radical (unpaired) electrons. The quantitative estimate of drug-likeness (QED) is 0.749. The summed E-state index contributed by atoms with van der Waals surface area (Å²) in [4.78, 5) is 30.1. The molecule has 0 aliphatic rings. The van der Waals surface area contributed by atoms with Crippen LogP contribution in [0.2, 0.25) is 0 Å². The average molecular weight is 292 g/mol. The van der Waals surface area contributed by atoms with Crippen LogP contribution in [0.3, 0.4) is 0 Å². The lowest BCUT2D eigenvalue weighted by Gasteiger charge is -2.21. The van der Waals surface area contributed by atoms with Gasteiger partial charge in [0.25, 0.3) is 11.8 Å². The SMILES string of the molecule is CCCN(CCC)C(=O)c1cncc(C(=O)NCCN)c1. The molecule has 0 bridgehead atoms. The molecule has 1 rings (SSSR count). The van der Waals surface area contributed by atoms with Gasteiger partial charge in [-0.25, -0.2) is 0 Å². The average Bonchev–Trinajstić information content (AvgIpc) is 2.51. The minimum atomic E-state index is -0.264. The molecule has 0 aliphatic heterocycles. The number of hydrogen-bond donors (Lipinski definition) is 2. The Kier molecular flexibility index (Phi) is 7.39. The smallest absolute Gasteiger partial charge is 0.255 e. The molecule has 1 aromatic heterocycles. The monoisotopic (exact) mass is 292 g/mol. The first kappa shape index (κ1) is 17.1. The van der Waals surface area contributed by atoms with Gasteiger partial charge in [-0.2, -0.15) is 0 Å². The molecule has 0 aliphatic carbocycles. The van der Waals surface area contributed by atoms with Gasteiger partial charge in [-0.1, -0.05) is 13.8 Å². The Balaban J connectivity index is 2.87. The molecule has 2 amide bonds. The summed E-state index contributed by atoms with van der Waals surface area (Å²) in [5.74, 6) is -0.347. The summed E-state index contributed by atoms with van der Waals surface area (Å²) < 4.78 is 0. The number of amides is 2. The van der Waals surface area contributed by atoms with Gasteiger partial charge < -0.3 is 16.0 Å². The predicted molar refractivity (Wildman–Crippen MR) is 82.1 cm³/mol. The first-order valence-electron chi connectivity index (χ1n) is 7.36. The number of rotatable bonds is 8. The Labute approximate surface area is 125 Å². The highest BCUT2D eigenvalue weighted by molar-refractivity contribution is 5.99. The maximum absolute atomic E-state index is 12.4. The first-order chi connectivity index (χ1) is 10.1. The number of nitrogens with one attached hydrogen (secondary N) is 1. The molecule has 6 heteroatoms. The fourth-order valence-corrected chi connectivity index (χ4v) is 2.01. The van der Waals surface area contributed by atoms with Crippen LogP contribution in [0.15, 0.2) is 18.5 Å². The summed E-state index contributed by atoms with van der Waals surface area (Å²) in [7, 11) is 0. The topological polar surface area (TPSA) is 88.3 Å². The van der Waals surface area contributed by atoms with Crippen molar-refractivity contribution in [3.8, 4) is 0 Å². The Morgan fingerprint density at radius 2 is 1.81 bits per heavy atom. The predicted octanol–water partition coefficient (Wildman–Crippen LogP) is 1.03. The fraction of sp³-hybridized carbons (Fsp3) is 0.533. The third kappa shape index (κ3) is 5.15. The van der Waals surface area contributed by atoms with Crippen molar-refractivity contribution < 1.29 is 9.59 Å². The van der Waals surface area contributed by atoms with Crippen LogP contribution in [0.5, 0.6) is 0 Å². The zero-order valence-corrected chi connectivity index (χ0v) is 12.8. The Hall–Kier alpha value is -1.95. The number of pyridine rings is 1. The maximum Gasteiger partial charge on any atom is 0.255 e. The number of nitrogens with zero attached hydrogens (tertiary/aromatic N) is 2. The molecule has 0 saturated carbocycles. The highest BCUT2D eigenvalue weighted by atomic mass is 16.2. The second kappa shape index (κ2) is 9.07. The molecule has 1 heterocycles. The number of carbonyl (C=O) groups excluding carboxylic acids is 2. The van der Waals surface area contributed by atoms with Crippen molar-refractivity contribution in [1.82, 2.24) is 15.2 Å². The summed E-state index contributed by atoms with van der Waals surface area (Å²) in [6.07, 6.45) is 4.75. The van der Waals surface area contributed by atoms with E-state index in [0.29, 0.717) is 37.3 Å². The molecule has 0 saturated heterocycles. The maximum atomic E-state index is 12.4. The van der Waals surface area contributed by atoms with E-state index in [0.717, 1.165) is 12.8 Å². The highest BCUT2D eigenvalue weighted by Crippen LogP contribution is 2.08. The van der Waals surface area contributed by atoms with Crippen molar-refractivity contribution in [2.24, 2.45) is 5.73 Å². The normalized spacial score (nSPS) is 10.2. The fourth-order valence-electron chi connectivity index (χ4n) is 2.01. The van der Waals surface area contributed by atoms with Crippen molar-refractivity contribution in [3.63, 3.8) is 0 Å². The molecule has 0 spiro atoms. The van der Waals surface area contributed by atoms with Crippen LogP contribution < -0.4 is 11.1 Å². The van der Waals surface area contributed by atoms with Gasteiger partial charge in [-0.15, -0.1) is 0 Å². The molecule has 21 heavy (non-hydrogen) atoms. The number of hydrogen-bond acceptors (Lipinski definition) is 4. The minimum absolute atomic E-state index is 0.0836. The van der Waals surface area contributed by atoms with Crippen molar-refractivity contribution in [3.05, 3.63) is 29.6 Å². The Morgan fingerprint density at radius 3 is 2.38 bits per heavy atom. The van der Waals surface area contributed by atoms with Gasteiger partial charge in [-0.05, 0) is 18.9 Å². The van der Waals surface area contributed by atoms with E-state index in [2.05, 4.69) is 10.3 Å². The van der Waals surface area contributed by atoms with E-state index in [1.54, 1.807) is 11.0 Å². The molecule has 116 valence electrons. The van der Waals surface area contributed by atoms with E-state index >= 15 is 0 Å². The van der Waals surface area contributed by atoms with Crippen molar-refractivity contribution in [2.75, 3.05) is 26.2 Å². The van der Waals surface area contributed by atoms with Gasteiger partial charge in [0.1, 0.15) is 0 Å². The van der Waals surface area contributed by atoms with E-state index in [4.69, 9.17) is 5.73 Å². The molecule has 0 aromatic carbocycles. The number of aromatic nitrogens is 1. The number of carbonyl (C=O) groups is 2. The Morgan fingerprint density at radius 1 is 1.19 bits per heavy atom. The van der Waals surface area contributed by atoms with Crippen LogP contribution in [0.4, 0.5) is 0 Å². The zero-order chi connectivity index (χ0) is 15.7. The van der Waals surface area contributed by atoms with E-state index in [1.807, 2.05) is 13.8 Å². The summed E-state index contributed by atoms with van der Waals surface area (Å²) in [6.45, 7) is 6.25. The summed E-state index contributed by atoms with van der Waals surface area (Å²) in [5, 5.41) is 2.67. The molecule has 0 atom stereocenters. The van der Waals surface area contributed by atoms with Gasteiger partial charge in [-0.3, -0.25) is 14.6 Å². The van der Waals surface area contributed by atoms with E-state index in [1.165, 1.54) is 12.4 Å². The lowest BCUT2D eigenvalue weighted by atomic mass is 10.1. The van der Waals surface area contributed by atoms with Gasteiger partial charge >= 0.3 is 0 Å². The van der Waals surface area contributed by atoms with Crippen LogP contribution in [-0.2, 0) is 0 Å². The van der Waals surface area contributed by atoms with Gasteiger partial charge in [0.15, 0.2) is 0 Å². The standard InChI is InChI=1S/C15H24N4O2/c1-3-7-19(8-4-2)15(21)13-9-12(10-17-11-13)14(20)18-6-5-16/h9-11H,3-8,16H2,1-2H3,(H,18,20). The van der Waals surface area contributed by atoms with Crippen molar-refractivity contribution >= 4 is 11.8 Å². The van der Waals surface area contributed by atoms with Crippen LogP contribution >= 0.6 is 0 Å². The van der Waals surface area contributed by atoms with E-state index < -0.39 is 0 Å². The van der Waals surface area contributed by atoms with Crippen LogP contribution in [0.25, 0.3) is 0 Å². The molecule has 0 fully saturated rings. The second-order valence-corrected chi connectivity index (χ2v) is 4.80. The van der Waals surface area contributed by atoms with E-state index in [9.17, 15) is 9.59 Å². The van der Waals surface area contributed by atoms with Gasteiger partial charge in [0, 0.05) is 38.6 Å². The van der Waals surface area contributed by atoms with Crippen LogP contribution in [0, 0.1) is 0 Å². The summed E-state index contributed by atoms with van der Waals surface area (Å²) in [5.41, 5.74) is 6.17. The lowest BCUT2D eigenvalue weighted by molar-refractivity contribution is 0.0755. The summed E-state index contributed by atoms with van der Waals surface area (Å²) >= 11 is 0.